The van der Waals surface area contributed by atoms with Crippen LogP contribution in [0.2, 0.25) is 0 Å². The minimum atomic E-state index is -0.316. The summed E-state index contributed by atoms with van der Waals surface area (Å²) in [7, 11) is 0. The summed E-state index contributed by atoms with van der Waals surface area (Å²) in [4.78, 5) is 4.61. The zero-order chi connectivity index (χ0) is 14.4. The first kappa shape index (κ1) is 12.6. The van der Waals surface area contributed by atoms with E-state index in [4.69, 9.17) is 0 Å². The van der Waals surface area contributed by atoms with Crippen molar-refractivity contribution in [3.8, 4) is 5.69 Å². The molecule has 2 aromatic heterocycles. The number of aliphatic hydroxyl groups is 1. The van der Waals surface area contributed by atoms with Crippen LogP contribution in [0.3, 0.4) is 0 Å². The van der Waals surface area contributed by atoms with E-state index in [9.17, 15) is 5.11 Å². The van der Waals surface area contributed by atoms with Crippen LogP contribution in [-0.2, 0) is 6.42 Å². The fraction of sp³-hybridized carbons (Fsp3) is 0.278. The number of benzene rings is 1. The highest BCUT2D eigenvalue weighted by atomic mass is 16.3. The highest BCUT2D eigenvalue weighted by molar-refractivity contribution is 5.87. The first-order chi connectivity index (χ1) is 10.2. The van der Waals surface area contributed by atoms with Gasteiger partial charge in [0.05, 0.1) is 17.3 Å². The lowest BCUT2D eigenvalue weighted by Crippen LogP contribution is -2.11. The van der Waals surface area contributed by atoms with Gasteiger partial charge in [-0.2, -0.15) is 0 Å². The van der Waals surface area contributed by atoms with E-state index in [1.54, 1.807) is 0 Å². The highest BCUT2D eigenvalue weighted by Crippen LogP contribution is 2.33. The van der Waals surface area contributed by atoms with Crippen LogP contribution in [0.1, 0.15) is 35.9 Å². The number of pyridine rings is 1. The van der Waals surface area contributed by atoms with Crippen molar-refractivity contribution in [2.24, 2.45) is 0 Å². The summed E-state index contributed by atoms with van der Waals surface area (Å²) in [6, 6.07) is 12.4. The van der Waals surface area contributed by atoms with E-state index >= 15 is 0 Å². The molecule has 0 aliphatic heterocycles. The lowest BCUT2D eigenvalue weighted by Gasteiger charge is -2.21. The molecule has 3 aromatic rings. The monoisotopic (exact) mass is 278 g/mol. The van der Waals surface area contributed by atoms with Gasteiger partial charge in [-0.15, -0.1) is 0 Å². The summed E-state index contributed by atoms with van der Waals surface area (Å²) in [5.41, 5.74) is 5.52. The van der Waals surface area contributed by atoms with Crippen molar-refractivity contribution >= 4 is 10.9 Å². The predicted molar refractivity (Wildman–Crippen MR) is 83.7 cm³/mol. The third-order valence-corrected chi connectivity index (χ3v) is 4.36. The zero-order valence-electron chi connectivity index (χ0n) is 12.1. The number of fused-ring (bicyclic) bond motifs is 2. The van der Waals surface area contributed by atoms with Crippen molar-refractivity contribution in [3.63, 3.8) is 0 Å². The molecule has 0 spiro atoms. The second-order valence-corrected chi connectivity index (χ2v) is 5.80. The third kappa shape index (κ3) is 1.96. The Hall–Kier alpha value is -2.13. The van der Waals surface area contributed by atoms with E-state index in [2.05, 4.69) is 40.0 Å². The molecule has 1 N–H and O–H groups in total. The van der Waals surface area contributed by atoms with Crippen molar-refractivity contribution in [3.05, 3.63) is 59.5 Å². The Kier molecular flexibility index (Phi) is 2.82. The summed E-state index contributed by atoms with van der Waals surface area (Å²) in [6.45, 7) is 2.03. The fourth-order valence-corrected chi connectivity index (χ4v) is 3.38. The summed E-state index contributed by atoms with van der Waals surface area (Å²) in [5, 5.41) is 11.3. The smallest absolute Gasteiger partial charge is 0.0807 e. The fourth-order valence-electron chi connectivity index (χ4n) is 3.38. The Morgan fingerprint density at radius 2 is 2.10 bits per heavy atom. The highest BCUT2D eigenvalue weighted by Gasteiger charge is 2.22. The van der Waals surface area contributed by atoms with Crippen LogP contribution in [0.5, 0.6) is 0 Å². The molecule has 1 unspecified atom stereocenters. The van der Waals surface area contributed by atoms with Crippen molar-refractivity contribution in [2.75, 3.05) is 0 Å². The van der Waals surface area contributed by atoms with Crippen LogP contribution in [0.25, 0.3) is 16.6 Å². The van der Waals surface area contributed by atoms with Gasteiger partial charge in [0.2, 0.25) is 0 Å². The van der Waals surface area contributed by atoms with Gasteiger partial charge in [-0.05, 0) is 44.4 Å². The molecule has 1 aromatic carbocycles. The first-order valence-corrected chi connectivity index (χ1v) is 7.49. The number of hydrogen-bond acceptors (Lipinski definition) is 2. The van der Waals surface area contributed by atoms with Gasteiger partial charge >= 0.3 is 0 Å². The summed E-state index contributed by atoms with van der Waals surface area (Å²) in [6.07, 6.45) is 4.70. The average molecular weight is 278 g/mol. The minimum absolute atomic E-state index is 0.316. The quantitative estimate of drug-likeness (QED) is 0.737. The van der Waals surface area contributed by atoms with Crippen LogP contribution >= 0.6 is 0 Å². The van der Waals surface area contributed by atoms with Crippen LogP contribution in [-0.4, -0.2) is 14.7 Å². The van der Waals surface area contributed by atoms with Gasteiger partial charge in [-0.1, -0.05) is 18.2 Å². The zero-order valence-corrected chi connectivity index (χ0v) is 12.1. The van der Waals surface area contributed by atoms with E-state index in [-0.39, 0.29) is 6.10 Å². The van der Waals surface area contributed by atoms with E-state index in [1.807, 2.05) is 19.1 Å². The minimum Gasteiger partial charge on any atom is -0.388 e. The van der Waals surface area contributed by atoms with Crippen LogP contribution < -0.4 is 0 Å². The summed E-state index contributed by atoms with van der Waals surface area (Å²) < 4.78 is 2.23. The Morgan fingerprint density at radius 3 is 3.00 bits per heavy atom. The number of aliphatic hydroxyl groups excluding tert-OH is 1. The molecule has 0 radical (unpaired) electrons. The Labute approximate surface area is 123 Å². The molecule has 0 bridgehead atoms. The van der Waals surface area contributed by atoms with Gasteiger partial charge in [0.1, 0.15) is 0 Å². The Bertz CT molecular complexity index is 819. The SMILES string of the molecule is Cc1cc(-n2ccc3c2CCCC3O)c2ccccc2n1. The molecule has 0 saturated heterocycles. The topological polar surface area (TPSA) is 38.0 Å². The molecular formula is C18H18N2O. The van der Waals surface area contributed by atoms with Crippen LogP contribution in [0.4, 0.5) is 0 Å². The second-order valence-electron chi connectivity index (χ2n) is 5.80. The number of para-hydroxylation sites is 1. The normalized spacial score (nSPS) is 17.9. The van der Waals surface area contributed by atoms with Gasteiger partial charge < -0.3 is 9.67 Å². The molecule has 21 heavy (non-hydrogen) atoms. The third-order valence-electron chi connectivity index (χ3n) is 4.36. The standard InChI is InChI=1S/C18H18N2O/c1-12-11-17(13-5-2-3-6-15(13)19-12)20-10-9-14-16(20)7-4-8-18(14)21/h2-3,5-6,9-11,18,21H,4,7-8H2,1H3. The summed E-state index contributed by atoms with van der Waals surface area (Å²) >= 11 is 0. The van der Waals surface area contributed by atoms with Gasteiger partial charge in [0, 0.05) is 28.5 Å². The molecule has 0 amide bonds. The van der Waals surface area contributed by atoms with Crippen molar-refractivity contribution in [2.45, 2.75) is 32.3 Å². The van der Waals surface area contributed by atoms with E-state index in [0.717, 1.165) is 47.1 Å². The first-order valence-electron chi connectivity index (χ1n) is 7.49. The van der Waals surface area contributed by atoms with E-state index < -0.39 is 0 Å². The predicted octanol–water partition coefficient (Wildman–Crippen LogP) is 3.70. The Balaban J connectivity index is 1.99. The lowest BCUT2D eigenvalue weighted by molar-refractivity contribution is 0.156. The van der Waals surface area contributed by atoms with E-state index in [1.165, 1.54) is 5.69 Å². The number of hydrogen-bond donors (Lipinski definition) is 1. The molecule has 1 atom stereocenters. The largest absolute Gasteiger partial charge is 0.388 e. The molecular weight excluding hydrogens is 260 g/mol. The Morgan fingerprint density at radius 1 is 1.24 bits per heavy atom. The molecule has 2 heterocycles. The molecule has 1 aliphatic rings. The number of aryl methyl sites for hydroxylation is 1. The van der Waals surface area contributed by atoms with Gasteiger partial charge in [0.15, 0.2) is 0 Å². The van der Waals surface area contributed by atoms with Gasteiger partial charge in [-0.3, -0.25) is 4.98 Å². The molecule has 0 fully saturated rings. The molecule has 3 nitrogen and oxygen atoms in total. The molecule has 0 saturated carbocycles. The molecule has 106 valence electrons. The van der Waals surface area contributed by atoms with E-state index in [0.29, 0.717) is 0 Å². The number of rotatable bonds is 1. The van der Waals surface area contributed by atoms with Gasteiger partial charge in [-0.25, -0.2) is 0 Å². The molecule has 1 aliphatic carbocycles. The van der Waals surface area contributed by atoms with Gasteiger partial charge in [0.25, 0.3) is 0 Å². The van der Waals surface area contributed by atoms with Crippen molar-refractivity contribution in [1.29, 1.82) is 0 Å². The number of aromatic nitrogens is 2. The summed E-state index contributed by atoms with van der Waals surface area (Å²) in [5.74, 6) is 0. The second kappa shape index (κ2) is 4.71. The number of nitrogens with zero attached hydrogens (tertiary/aromatic N) is 2. The van der Waals surface area contributed by atoms with Crippen molar-refractivity contribution in [1.82, 2.24) is 9.55 Å². The maximum absolute atomic E-state index is 10.2. The van der Waals surface area contributed by atoms with Crippen LogP contribution in [0, 0.1) is 6.92 Å². The lowest BCUT2D eigenvalue weighted by atomic mass is 9.95. The maximum atomic E-state index is 10.2. The van der Waals surface area contributed by atoms with Crippen molar-refractivity contribution < 1.29 is 5.11 Å². The van der Waals surface area contributed by atoms with Crippen LogP contribution in [0.15, 0.2) is 42.6 Å². The average Bonchev–Trinajstić information content (AvgIpc) is 2.91. The molecule has 3 heteroatoms. The molecule has 4 rings (SSSR count). The maximum Gasteiger partial charge on any atom is 0.0807 e.